The van der Waals surface area contributed by atoms with Crippen molar-refractivity contribution in [1.82, 2.24) is 4.31 Å². The van der Waals surface area contributed by atoms with Gasteiger partial charge in [-0.3, -0.25) is 4.79 Å². The molecule has 0 aliphatic carbocycles. The maximum absolute atomic E-state index is 12.7. The largest absolute Gasteiger partial charge is 0.506 e. The average molecular weight is 406 g/mol. The molecule has 1 heterocycles. The van der Waals surface area contributed by atoms with Crippen molar-refractivity contribution < 1.29 is 27.8 Å². The lowest BCUT2D eigenvalue weighted by Crippen LogP contribution is -2.28. The number of carbonyl (C=O) groups is 1. The van der Waals surface area contributed by atoms with E-state index in [4.69, 9.17) is 9.47 Å². The molecule has 9 heteroatoms. The molecule has 1 fully saturated rings. The highest BCUT2D eigenvalue weighted by molar-refractivity contribution is 7.89. The number of phenolic OH excluding ortho intramolecular Hbond substituents is 1. The first-order valence-electron chi connectivity index (χ1n) is 8.74. The van der Waals surface area contributed by atoms with Crippen LogP contribution in [0.15, 0.2) is 41.3 Å². The van der Waals surface area contributed by atoms with Gasteiger partial charge in [0.05, 0.1) is 30.4 Å². The van der Waals surface area contributed by atoms with Crippen LogP contribution in [0.1, 0.15) is 23.2 Å². The zero-order valence-corrected chi connectivity index (χ0v) is 16.5. The summed E-state index contributed by atoms with van der Waals surface area (Å²) in [6.45, 7) is 0.928. The fourth-order valence-electron chi connectivity index (χ4n) is 3.11. The van der Waals surface area contributed by atoms with Crippen LogP contribution in [0.2, 0.25) is 0 Å². The van der Waals surface area contributed by atoms with E-state index in [1.807, 2.05) is 0 Å². The summed E-state index contributed by atoms with van der Waals surface area (Å²) in [6, 6.07) is 8.65. The predicted molar refractivity (Wildman–Crippen MR) is 104 cm³/mol. The summed E-state index contributed by atoms with van der Waals surface area (Å²) in [6.07, 6.45) is 1.63. The molecule has 1 aliphatic rings. The second-order valence-electron chi connectivity index (χ2n) is 6.29. The van der Waals surface area contributed by atoms with Gasteiger partial charge in [0.15, 0.2) is 11.5 Å². The smallest absolute Gasteiger partial charge is 0.259 e. The van der Waals surface area contributed by atoms with Gasteiger partial charge in [0.25, 0.3) is 5.91 Å². The lowest BCUT2D eigenvalue weighted by Gasteiger charge is -2.17. The van der Waals surface area contributed by atoms with Crippen molar-refractivity contribution in [3.05, 3.63) is 42.0 Å². The molecule has 0 bridgehead atoms. The van der Waals surface area contributed by atoms with Crippen molar-refractivity contribution in [1.29, 1.82) is 0 Å². The number of aromatic hydroxyl groups is 1. The highest BCUT2D eigenvalue weighted by atomic mass is 32.2. The van der Waals surface area contributed by atoms with E-state index in [1.165, 1.54) is 36.7 Å². The molecule has 1 saturated heterocycles. The number of phenols is 1. The lowest BCUT2D eigenvalue weighted by atomic mass is 10.1. The molecular formula is C19H22N2O6S. The summed E-state index contributed by atoms with van der Waals surface area (Å²) in [7, 11) is -0.807. The van der Waals surface area contributed by atoms with Crippen molar-refractivity contribution in [2.24, 2.45) is 0 Å². The molecule has 2 N–H and O–H groups in total. The molecule has 0 saturated carbocycles. The van der Waals surface area contributed by atoms with Crippen molar-refractivity contribution >= 4 is 21.6 Å². The maximum atomic E-state index is 12.7. The van der Waals surface area contributed by atoms with Crippen LogP contribution in [-0.4, -0.2) is 51.0 Å². The standard InChI is InChI=1S/C19H22N2O6S/c1-26-17-7-5-6-14(18(17)27-2)19(23)20-15-12-13(8-9-16(15)22)28(24,25)21-10-3-4-11-21/h5-9,12,22H,3-4,10-11H2,1-2H3,(H,20,23). The van der Waals surface area contributed by atoms with Gasteiger partial charge >= 0.3 is 0 Å². The van der Waals surface area contributed by atoms with E-state index in [0.717, 1.165) is 12.8 Å². The van der Waals surface area contributed by atoms with Gasteiger partial charge in [0.1, 0.15) is 5.75 Å². The zero-order chi connectivity index (χ0) is 20.3. The number of amides is 1. The monoisotopic (exact) mass is 406 g/mol. The Bertz CT molecular complexity index is 984. The van der Waals surface area contributed by atoms with Gasteiger partial charge < -0.3 is 19.9 Å². The molecule has 0 atom stereocenters. The first kappa shape index (κ1) is 20.0. The Hall–Kier alpha value is -2.78. The Morgan fingerprint density at radius 3 is 2.46 bits per heavy atom. The van der Waals surface area contributed by atoms with Crippen molar-refractivity contribution in [3.63, 3.8) is 0 Å². The number of rotatable bonds is 6. The number of hydrogen-bond donors (Lipinski definition) is 2. The molecule has 28 heavy (non-hydrogen) atoms. The van der Waals surface area contributed by atoms with Crippen LogP contribution in [0.25, 0.3) is 0 Å². The first-order chi connectivity index (χ1) is 13.4. The minimum absolute atomic E-state index is 0.00450. The second-order valence-corrected chi connectivity index (χ2v) is 8.22. The zero-order valence-electron chi connectivity index (χ0n) is 15.6. The van der Waals surface area contributed by atoms with Crippen molar-refractivity contribution in [2.75, 3.05) is 32.6 Å². The normalized spacial score (nSPS) is 14.6. The van der Waals surface area contributed by atoms with Crippen molar-refractivity contribution in [2.45, 2.75) is 17.7 Å². The van der Waals surface area contributed by atoms with E-state index in [9.17, 15) is 18.3 Å². The summed E-state index contributed by atoms with van der Waals surface area (Å²) < 4.78 is 37.3. The molecule has 150 valence electrons. The van der Waals surface area contributed by atoms with Crippen LogP contribution >= 0.6 is 0 Å². The van der Waals surface area contributed by atoms with Gasteiger partial charge in [-0.2, -0.15) is 4.31 Å². The molecular weight excluding hydrogens is 384 g/mol. The Balaban J connectivity index is 1.92. The number of sulfonamides is 1. The number of ether oxygens (including phenoxy) is 2. The van der Waals surface area contributed by atoms with Gasteiger partial charge in [0.2, 0.25) is 10.0 Å². The Morgan fingerprint density at radius 2 is 1.82 bits per heavy atom. The van der Waals surface area contributed by atoms with Gasteiger partial charge in [-0.05, 0) is 43.2 Å². The van der Waals surface area contributed by atoms with Crippen LogP contribution in [0, 0.1) is 0 Å². The van der Waals surface area contributed by atoms with Crippen LogP contribution in [0.4, 0.5) is 5.69 Å². The van der Waals surface area contributed by atoms with E-state index in [0.29, 0.717) is 18.8 Å². The van der Waals surface area contributed by atoms with E-state index in [-0.39, 0.29) is 27.6 Å². The first-order valence-corrected chi connectivity index (χ1v) is 10.2. The highest BCUT2D eigenvalue weighted by Gasteiger charge is 2.28. The van der Waals surface area contributed by atoms with Crippen LogP contribution in [0.5, 0.6) is 17.2 Å². The third-order valence-corrected chi connectivity index (χ3v) is 6.46. The minimum atomic E-state index is -3.68. The lowest BCUT2D eigenvalue weighted by molar-refractivity contribution is 0.102. The van der Waals surface area contributed by atoms with Gasteiger partial charge in [-0.25, -0.2) is 8.42 Å². The van der Waals surface area contributed by atoms with E-state index in [1.54, 1.807) is 18.2 Å². The third kappa shape index (κ3) is 3.76. The maximum Gasteiger partial charge on any atom is 0.259 e. The SMILES string of the molecule is COc1cccc(C(=O)Nc2cc(S(=O)(=O)N3CCCC3)ccc2O)c1OC. The van der Waals surface area contributed by atoms with Crippen LogP contribution in [-0.2, 0) is 10.0 Å². The summed E-state index contributed by atoms with van der Waals surface area (Å²) in [5.74, 6) is -0.190. The van der Waals surface area contributed by atoms with E-state index in [2.05, 4.69) is 5.32 Å². The molecule has 8 nitrogen and oxygen atoms in total. The number of hydrogen-bond acceptors (Lipinski definition) is 6. The molecule has 0 unspecified atom stereocenters. The highest BCUT2D eigenvalue weighted by Crippen LogP contribution is 2.33. The fourth-order valence-corrected chi connectivity index (χ4v) is 4.65. The third-order valence-electron chi connectivity index (χ3n) is 4.57. The molecule has 2 aromatic rings. The van der Waals surface area contributed by atoms with Crippen LogP contribution in [0.3, 0.4) is 0 Å². The van der Waals surface area contributed by atoms with Gasteiger partial charge in [-0.1, -0.05) is 6.07 Å². The number of nitrogens with one attached hydrogen (secondary N) is 1. The fraction of sp³-hybridized carbons (Fsp3) is 0.316. The van der Waals surface area contributed by atoms with Crippen molar-refractivity contribution in [3.8, 4) is 17.2 Å². The van der Waals surface area contributed by atoms with E-state index >= 15 is 0 Å². The molecule has 3 rings (SSSR count). The second kappa shape index (κ2) is 8.07. The van der Waals surface area contributed by atoms with Gasteiger partial charge in [0, 0.05) is 13.1 Å². The number of nitrogens with zero attached hydrogens (tertiary/aromatic N) is 1. The minimum Gasteiger partial charge on any atom is -0.506 e. The summed E-state index contributed by atoms with van der Waals surface area (Å²) >= 11 is 0. The number of para-hydroxylation sites is 1. The molecule has 0 radical (unpaired) electrons. The average Bonchev–Trinajstić information content (AvgIpc) is 3.24. The number of anilines is 1. The Labute approximate surface area is 163 Å². The topological polar surface area (TPSA) is 105 Å². The molecule has 2 aromatic carbocycles. The Morgan fingerprint density at radius 1 is 1.11 bits per heavy atom. The Kier molecular flexibility index (Phi) is 5.76. The van der Waals surface area contributed by atoms with Crippen LogP contribution < -0.4 is 14.8 Å². The molecule has 0 aromatic heterocycles. The summed E-state index contributed by atoms with van der Waals surface area (Å²) in [4.78, 5) is 12.7. The molecule has 1 amide bonds. The number of benzene rings is 2. The van der Waals surface area contributed by atoms with E-state index < -0.39 is 15.9 Å². The predicted octanol–water partition coefficient (Wildman–Crippen LogP) is 2.45. The summed E-state index contributed by atoms with van der Waals surface area (Å²) in [5.41, 5.74) is 0.184. The number of methoxy groups -OCH3 is 2. The number of carbonyl (C=O) groups excluding carboxylic acids is 1. The summed E-state index contributed by atoms with van der Waals surface area (Å²) in [5, 5.41) is 12.7. The molecule has 1 aliphatic heterocycles. The molecule has 0 spiro atoms. The quantitative estimate of drug-likeness (QED) is 0.714. The van der Waals surface area contributed by atoms with Gasteiger partial charge in [-0.15, -0.1) is 0 Å².